The van der Waals surface area contributed by atoms with Crippen molar-refractivity contribution in [3.8, 4) is 0 Å². The molecular formula is C11H15ClO2S. The predicted molar refractivity (Wildman–Crippen MR) is 65.6 cm³/mol. The van der Waals surface area contributed by atoms with Crippen LogP contribution >= 0.6 is 24.2 Å². The summed E-state index contributed by atoms with van der Waals surface area (Å²) in [4.78, 5) is 0. The molecule has 2 nitrogen and oxygen atoms in total. The largest absolute Gasteiger partial charge is 0.390 e. The van der Waals surface area contributed by atoms with E-state index in [0.29, 0.717) is 22.8 Å². The van der Waals surface area contributed by atoms with Crippen LogP contribution in [0.4, 0.5) is 0 Å². The first-order valence-corrected chi connectivity index (χ1v) is 5.81. The normalized spacial score (nSPS) is 15.0. The van der Waals surface area contributed by atoms with E-state index >= 15 is 0 Å². The topological polar surface area (TPSA) is 40.5 Å². The van der Waals surface area contributed by atoms with Crippen molar-refractivity contribution >= 4 is 24.2 Å². The van der Waals surface area contributed by atoms with Gasteiger partial charge in [0.05, 0.1) is 6.10 Å². The van der Waals surface area contributed by atoms with Crippen molar-refractivity contribution in [2.75, 3.05) is 5.75 Å². The Morgan fingerprint density at radius 2 is 2.07 bits per heavy atom. The van der Waals surface area contributed by atoms with Crippen molar-refractivity contribution in [1.82, 2.24) is 0 Å². The third-order valence-electron chi connectivity index (χ3n) is 2.42. The summed E-state index contributed by atoms with van der Waals surface area (Å²) in [5.41, 5.74) is 1.49. The summed E-state index contributed by atoms with van der Waals surface area (Å²) in [6, 6.07) is 5.30. The second kappa shape index (κ2) is 5.75. The molecule has 0 aliphatic carbocycles. The van der Waals surface area contributed by atoms with Crippen molar-refractivity contribution in [1.29, 1.82) is 0 Å². The number of halogens is 1. The zero-order chi connectivity index (χ0) is 11.4. The molecule has 0 bridgehead atoms. The van der Waals surface area contributed by atoms with E-state index < -0.39 is 12.2 Å². The van der Waals surface area contributed by atoms with E-state index in [1.54, 1.807) is 18.2 Å². The maximum Gasteiger partial charge on any atom is 0.105 e. The Morgan fingerprint density at radius 3 is 2.67 bits per heavy atom. The molecule has 1 rings (SSSR count). The SMILES string of the molecule is Cc1c(Cl)cccc1C(O)C(O)CCS. The molecule has 0 radical (unpaired) electrons. The van der Waals surface area contributed by atoms with E-state index in [0.717, 1.165) is 5.56 Å². The van der Waals surface area contributed by atoms with E-state index in [1.807, 2.05) is 6.92 Å². The molecule has 0 heterocycles. The fourth-order valence-corrected chi connectivity index (χ4v) is 1.89. The smallest absolute Gasteiger partial charge is 0.105 e. The second-order valence-corrected chi connectivity index (χ2v) is 4.33. The minimum absolute atomic E-state index is 0.455. The van der Waals surface area contributed by atoms with Gasteiger partial charge in [-0.05, 0) is 36.3 Å². The number of hydrogen-bond acceptors (Lipinski definition) is 3. The Balaban J connectivity index is 2.90. The number of thiol groups is 1. The van der Waals surface area contributed by atoms with Gasteiger partial charge in [0.25, 0.3) is 0 Å². The molecule has 2 atom stereocenters. The van der Waals surface area contributed by atoms with Crippen molar-refractivity contribution in [2.45, 2.75) is 25.6 Å². The standard InChI is InChI=1S/C11H15ClO2S/c1-7-8(3-2-4-9(7)12)11(14)10(13)5-6-15/h2-4,10-11,13-15H,5-6H2,1H3. The summed E-state index contributed by atoms with van der Waals surface area (Å²) < 4.78 is 0. The minimum atomic E-state index is -0.893. The number of benzene rings is 1. The van der Waals surface area contributed by atoms with Crippen LogP contribution in [0, 0.1) is 6.92 Å². The van der Waals surface area contributed by atoms with E-state index in [2.05, 4.69) is 12.6 Å². The summed E-state index contributed by atoms with van der Waals surface area (Å²) in [5, 5.41) is 20.1. The molecule has 0 spiro atoms. The fourth-order valence-electron chi connectivity index (χ4n) is 1.44. The van der Waals surface area contributed by atoms with Gasteiger partial charge in [-0.25, -0.2) is 0 Å². The maximum atomic E-state index is 9.88. The van der Waals surface area contributed by atoms with Gasteiger partial charge in [0, 0.05) is 5.02 Å². The van der Waals surface area contributed by atoms with Crippen LogP contribution in [0.5, 0.6) is 0 Å². The lowest BCUT2D eigenvalue weighted by molar-refractivity contribution is 0.0169. The first kappa shape index (κ1) is 12.8. The molecular weight excluding hydrogens is 232 g/mol. The van der Waals surface area contributed by atoms with Crippen molar-refractivity contribution in [3.63, 3.8) is 0 Å². The summed E-state index contributed by atoms with van der Waals surface area (Å²) in [6.07, 6.45) is -1.23. The van der Waals surface area contributed by atoms with E-state index in [4.69, 9.17) is 11.6 Å². The highest BCUT2D eigenvalue weighted by Gasteiger charge is 2.19. The van der Waals surface area contributed by atoms with Gasteiger partial charge in [-0.15, -0.1) is 0 Å². The Morgan fingerprint density at radius 1 is 1.40 bits per heavy atom. The molecule has 0 aliphatic heterocycles. The molecule has 0 fully saturated rings. The summed E-state index contributed by atoms with van der Waals surface area (Å²) in [5.74, 6) is 0.540. The summed E-state index contributed by atoms with van der Waals surface area (Å²) in [7, 11) is 0. The number of hydrogen-bond donors (Lipinski definition) is 3. The molecule has 4 heteroatoms. The average Bonchev–Trinajstić information content (AvgIpc) is 2.21. The van der Waals surface area contributed by atoms with Crippen molar-refractivity contribution < 1.29 is 10.2 Å². The summed E-state index contributed by atoms with van der Waals surface area (Å²) >= 11 is 9.95. The van der Waals surface area contributed by atoms with Crippen LogP contribution in [-0.2, 0) is 0 Å². The zero-order valence-corrected chi connectivity index (χ0v) is 10.2. The zero-order valence-electron chi connectivity index (χ0n) is 8.52. The number of aliphatic hydroxyl groups excluding tert-OH is 2. The van der Waals surface area contributed by atoms with E-state index in [1.165, 1.54) is 0 Å². The highest BCUT2D eigenvalue weighted by Crippen LogP contribution is 2.27. The number of rotatable bonds is 4. The van der Waals surface area contributed by atoms with E-state index in [-0.39, 0.29) is 0 Å². The quantitative estimate of drug-likeness (QED) is 0.714. The average molecular weight is 247 g/mol. The highest BCUT2D eigenvalue weighted by atomic mass is 35.5. The third-order valence-corrected chi connectivity index (χ3v) is 3.09. The third kappa shape index (κ3) is 3.11. The van der Waals surface area contributed by atoms with Gasteiger partial charge in [0.1, 0.15) is 6.10 Å². The lowest BCUT2D eigenvalue weighted by Crippen LogP contribution is -2.19. The molecule has 15 heavy (non-hydrogen) atoms. The molecule has 0 aliphatic rings. The molecule has 2 unspecified atom stereocenters. The fraction of sp³-hybridized carbons (Fsp3) is 0.455. The lowest BCUT2D eigenvalue weighted by atomic mass is 9.98. The molecule has 1 aromatic carbocycles. The molecule has 0 amide bonds. The Labute approximate surface area is 100 Å². The lowest BCUT2D eigenvalue weighted by Gasteiger charge is -2.19. The van der Waals surface area contributed by atoms with Crippen LogP contribution in [0.1, 0.15) is 23.7 Å². The van der Waals surface area contributed by atoms with Gasteiger partial charge < -0.3 is 10.2 Å². The monoisotopic (exact) mass is 246 g/mol. The Kier molecular flexibility index (Phi) is 4.93. The van der Waals surface area contributed by atoms with Crippen LogP contribution in [-0.4, -0.2) is 22.1 Å². The van der Waals surface area contributed by atoms with Gasteiger partial charge >= 0.3 is 0 Å². The first-order valence-electron chi connectivity index (χ1n) is 4.80. The van der Waals surface area contributed by atoms with Crippen molar-refractivity contribution in [2.24, 2.45) is 0 Å². The van der Waals surface area contributed by atoms with Crippen LogP contribution in [0.25, 0.3) is 0 Å². The molecule has 1 aromatic rings. The predicted octanol–water partition coefficient (Wildman–Crippen LogP) is 2.36. The summed E-state index contributed by atoms with van der Waals surface area (Å²) in [6.45, 7) is 1.83. The van der Waals surface area contributed by atoms with Crippen LogP contribution in [0.15, 0.2) is 18.2 Å². The first-order chi connectivity index (χ1) is 7.07. The van der Waals surface area contributed by atoms with Crippen molar-refractivity contribution in [3.05, 3.63) is 34.3 Å². The molecule has 0 saturated heterocycles. The van der Waals surface area contributed by atoms with Crippen LogP contribution in [0.2, 0.25) is 5.02 Å². The van der Waals surface area contributed by atoms with Gasteiger partial charge in [-0.2, -0.15) is 12.6 Å². The molecule has 0 aromatic heterocycles. The van der Waals surface area contributed by atoms with Gasteiger partial charge in [-0.1, -0.05) is 23.7 Å². The van der Waals surface area contributed by atoms with Crippen LogP contribution in [0.3, 0.4) is 0 Å². The molecule has 84 valence electrons. The van der Waals surface area contributed by atoms with Gasteiger partial charge in [0.2, 0.25) is 0 Å². The molecule has 0 saturated carbocycles. The highest BCUT2D eigenvalue weighted by molar-refractivity contribution is 7.80. The minimum Gasteiger partial charge on any atom is -0.390 e. The van der Waals surface area contributed by atoms with E-state index in [9.17, 15) is 10.2 Å². The number of aliphatic hydroxyl groups is 2. The van der Waals surface area contributed by atoms with Gasteiger partial charge in [-0.3, -0.25) is 0 Å². The van der Waals surface area contributed by atoms with Gasteiger partial charge in [0.15, 0.2) is 0 Å². The Bertz CT molecular complexity index is 330. The maximum absolute atomic E-state index is 9.88. The Hall–Kier alpha value is -0.220. The van der Waals surface area contributed by atoms with Crippen LogP contribution < -0.4 is 0 Å². The molecule has 2 N–H and O–H groups in total. The second-order valence-electron chi connectivity index (χ2n) is 3.48.